The largest absolute Gasteiger partial charge is 0.379 e. The Balaban J connectivity index is 2.16. The predicted molar refractivity (Wildman–Crippen MR) is 72.2 cm³/mol. The average molecular weight is 261 g/mol. The molecule has 1 aromatic rings. The Morgan fingerprint density at radius 1 is 1.32 bits per heavy atom. The highest BCUT2D eigenvalue weighted by molar-refractivity contribution is 5.36. The molecule has 1 saturated heterocycles. The zero-order chi connectivity index (χ0) is 13.8. The van der Waals surface area contributed by atoms with Crippen molar-refractivity contribution in [2.75, 3.05) is 32.8 Å². The van der Waals surface area contributed by atoms with Gasteiger partial charge in [-0.15, -0.1) is 0 Å². The summed E-state index contributed by atoms with van der Waals surface area (Å²) in [6.45, 7) is 8.48. The van der Waals surface area contributed by atoms with Gasteiger partial charge in [0, 0.05) is 31.9 Å². The van der Waals surface area contributed by atoms with Crippen molar-refractivity contribution in [1.29, 1.82) is 5.26 Å². The Labute approximate surface area is 113 Å². The third kappa shape index (κ3) is 3.03. The Morgan fingerprint density at radius 3 is 2.63 bits per heavy atom. The van der Waals surface area contributed by atoms with Crippen LogP contribution in [0.1, 0.15) is 16.8 Å². The topological polar surface area (TPSA) is 58.3 Å². The first-order valence-electron chi connectivity index (χ1n) is 6.54. The molecular weight excluding hydrogens is 242 g/mol. The summed E-state index contributed by atoms with van der Waals surface area (Å²) in [5, 5.41) is 9.04. The molecule has 2 rings (SSSR count). The molecule has 0 aromatic carbocycles. The molecule has 5 nitrogen and oxygen atoms in total. The van der Waals surface area contributed by atoms with E-state index in [4.69, 9.17) is 10.00 Å². The normalized spacial score (nSPS) is 16.3. The fourth-order valence-corrected chi connectivity index (χ4v) is 2.41. The van der Waals surface area contributed by atoms with Crippen LogP contribution in [0, 0.1) is 25.2 Å². The third-order valence-electron chi connectivity index (χ3n) is 3.56. The molecule has 2 heterocycles. The molecule has 1 fully saturated rings. The zero-order valence-corrected chi connectivity index (χ0v) is 11.5. The van der Waals surface area contributed by atoms with E-state index in [2.05, 4.69) is 4.90 Å². The van der Waals surface area contributed by atoms with Gasteiger partial charge in [0.1, 0.15) is 11.6 Å². The van der Waals surface area contributed by atoms with Crippen LogP contribution < -0.4 is 5.56 Å². The molecule has 0 unspecified atom stereocenters. The van der Waals surface area contributed by atoms with Crippen molar-refractivity contribution in [3.8, 4) is 6.07 Å². The molecule has 0 N–H and O–H groups in total. The molecule has 19 heavy (non-hydrogen) atoms. The van der Waals surface area contributed by atoms with Crippen LogP contribution in [0.15, 0.2) is 10.9 Å². The smallest absolute Gasteiger partial charge is 0.268 e. The van der Waals surface area contributed by atoms with Crippen LogP contribution in [0.5, 0.6) is 0 Å². The molecule has 1 aliphatic heterocycles. The molecule has 1 aromatic heterocycles. The second-order valence-electron chi connectivity index (χ2n) is 4.87. The van der Waals surface area contributed by atoms with Gasteiger partial charge < -0.3 is 9.30 Å². The molecule has 0 spiro atoms. The molecule has 1 aliphatic rings. The second kappa shape index (κ2) is 6.00. The second-order valence-corrected chi connectivity index (χ2v) is 4.87. The van der Waals surface area contributed by atoms with Gasteiger partial charge in [-0.2, -0.15) is 5.26 Å². The summed E-state index contributed by atoms with van der Waals surface area (Å²) >= 11 is 0. The summed E-state index contributed by atoms with van der Waals surface area (Å²) in [6, 6.07) is 3.90. The SMILES string of the molecule is Cc1cc(C)n(CCN2CCOCC2)c(=O)c1C#N. The number of pyridine rings is 1. The van der Waals surface area contributed by atoms with E-state index in [0.29, 0.717) is 6.54 Å². The quantitative estimate of drug-likeness (QED) is 0.802. The summed E-state index contributed by atoms with van der Waals surface area (Å²) in [6.07, 6.45) is 0. The predicted octanol–water partition coefficient (Wildman–Crippen LogP) is 0.669. The molecule has 0 bridgehead atoms. The van der Waals surface area contributed by atoms with E-state index < -0.39 is 0 Å². The summed E-state index contributed by atoms with van der Waals surface area (Å²) in [5.41, 5.74) is 1.75. The van der Waals surface area contributed by atoms with E-state index in [1.54, 1.807) is 11.5 Å². The van der Waals surface area contributed by atoms with E-state index in [1.165, 1.54) is 0 Å². The van der Waals surface area contributed by atoms with Crippen LogP contribution in [-0.2, 0) is 11.3 Å². The van der Waals surface area contributed by atoms with E-state index in [0.717, 1.165) is 44.1 Å². The maximum atomic E-state index is 12.2. The minimum Gasteiger partial charge on any atom is -0.379 e. The van der Waals surface area contributed by atoms with Crippen molar-refractivity contribution in [3.63, 3.8) is 0 Å². The fraction of sp³-hybridized carbons (Fsp3) is 0.571. The lowest BCUT2D eigenvalue weighted by atomic mass is 10.1. The third-order valence-corrected chi connectivity index (χ3v) is 3.56. The number of hydrogen-bond donors (Lipinski definition) is 0. The minimum atomic E-state index is -0.173. The number of aryl methyl sites for hydroxylation is 2. The summed E-state index contributed by atoms with van der Waals surface area (Å²) in [5.74, 6) is 0. The number of rotatable bonds is 3. The first kappa shape index (κ1) is 13.8. The van der Waals surface area contributed by atoms with Crippen LogP contribution in [0.2, 0.25) is 0 Å². The first-order chi connectivity index (χ1) is 9.13. The number of morpholine rings is 1. The highest BCUT2D eigenvalue weighted by Crippen LogP contribution is 2.06. The number of aromatic nitrogens is 1. The fourth-order valence-electron chi connectivity index (χ4n) is 2.41. The van der Waals surface area contributed by atoms with Crippen LogP contribution >= 0.6 is 0 Å². The van der Waals surface area contributed by atoms with E-state index >= 15 is 0 Å². The van der Waals surface area contributed by atoms with Crippen LogP contribution in [0.25, 0.3) is 0 Å². The molecule has 102 valence electrons. The molecule has 5 heteroatoms. The van der Waals surface area contributed by atoms with E-state index in [1.807, 2.05) is 19.1 Å². The summed E-state index contributed by atoms with van der Waals surface area (Å²) < 4.78 is 6.99. The Bertz CT molecular complexity index is 551. The Kier molecular flexibility index (Phi) is 4.35. The molecule has 0 aliphatic carbocycles. The Hall–Kier alpha value is -1.64. The zero-order valence-electron chi connectivity index (χ0n) is 11.5. The van der Waals surface area contributed by atoms with Gasteiger partial charge in [-0.3, -0.25) is 9.69 Å². The van der Waals surface area contributed by atoms with Crippen molar-refractivity contribution >= 4 is 0 Å². The number of hydrogen-bond acceptors (Lipinski definition) is 4. The summed E-state index contributed by atoms with van der Waals surface area (Å²) in [4.78, 5) is 14.5. The van der Waals surface area contributed by atoms with Gasteiger partial charge in [0.2, 0.25) is 0 Å². The summed E-state index contributed by atoms with van der Waals surface area (Å²) in [7, 11) is 0. The average Bonchev–Trinajstić information content (AvgIpc) is 2.39. The van der Waals surface area contributed by atoms with Gasteiger partial charge in [0.25, 0.3) is 5.56 Å². The molecule has 0 radical (unpaired) electrons. The monoisotopic (exact) mass is 261 g/mol. The number of nitriles is 1. The van der Waals surface area contributed by atoms with Crippen LogP contribution in [0.3, 0.4) is 0 Å². The molecule has 0 atom stereocenters. The lowest BCUT2D eigenvalue weighted by molar-refractivity contribution is 0.0362. The maximum Gasteiger partial charge on any atom is 0.268 e. The van der Waals surface area contributed by atoms with Gasteiger partial charge in [0.05, 0.1) is 13.2 Å². The van der Waals surface area contributed by atoms with Crippen LogP contribution in [0.4, 0.5) is 0 Å². The van der Waals surface area contributed by atoms with Gasteiger partial charge in [-0.05, 0) is 25.5 Å². The van der Waals surface area contributed by atoms with Gasteiger partial charge >= 0.3 is 0 Å². The van der Waals surface area contributed by atoms with Gasteiger partial charge in [0.15, 0.2) is 0 Å². The van der Waals surface area contributed by atoms with E-state index in [9.17, 15) is 4.79 Å². The first-order valence-corrected chi connectivity index (χ1v) is 6.54. The maximum absolute atomic E-state index is 12.2. The highest BCUT2D eigenvalue weighted by atomic mass is 16.5. The van der Waals surface area contributed by atoms with Crippen molar-refractivity contribution in [3.05, 3.63) is 33.2 Å². The van der Waals surface area contributed by atoms with Crippen molar-refractivity contribution in [1.82, 2.24) is 9.47 Å². The number of nitrogens with zero attached hydrogens (tertiary/aromatic N) is 3. The standard InChI is InChI=1S/C14H19N3O2/c1-11-9-12(2)17(14(18)13(11)10-15)4-3-16-5-7-19-8-6-16/h9H,3-8H2,1-2H3. The lowest BCUT2D eigenvalue weighted by Crippen LogP contribution is -2.39. The molecular formula is C14H19N3O2. The van der Waals surface area contributed by atoms with Gasteiger partial charge in [-0.25, -0.2) is 0 Å². The van der Waals surface area contributed by atoms with Gasteiger partial charge in [-0.1, -0.05) is 0 Å². The van der Waals surface area contributed by atoms with Crippen LogP contribution in [-0.4, -0.2) is 42.3 Å². The highest BCUT2D eigenvalue weighted by Gasteiger charge is 2.13. The molecule has 0 amide bonds. The van der Waals surface area contributed by atoms with E-state index in [-0.39, 0.29) is 11.1 Å². The van der Waals surface area contributed by atoms with Crippen molar-refractivity contribution in [2.24, 2.45) is 0 Å². The van der Waals surface area contributed by atoms with Crippen molar-refractivity contribution in [2.45, 2.75) is 20.4 Å². The number of ether oxygens (including phenoxy) is 1. The van der Waals surface area contributed by atoms with Crippen molar-refractivity contribution < 1.29 is 4.74 Å². The minimum absolute atomic E-state index is 0.173. The molecule has 0 saturated carbocycles. The Morgan fingerprint density at radius 2 is 2.00 bits per heavy atom. The lowest BCUT2D eigenvalue weighted by Gasteiger charge is -2.27.